The molecule has 84 valence electrons. The lowest BCUT2D eigenvalue weighted by atomic mass is 10.6. The van der Waals surface area contributed by atoms with Gasteiger partial charge < -0.3 is 0 Å². The Balaban J connectivity index is 1.80. The summed E-state index contributed by atoms with van der Waals surface area (Å²) in [6.07, 6.45) is 2.27. The lowest BCUT2D eigenvalue weighted by Gasteiger charge is -2.08. The zero-order valence-electron chi connectivity index (χ0n) is 7.93. The fourth-order valence-corrected chi connectivity index (χ4v) is 9.29. The molecule has 0 fully saturated rings. The van der Waals surface area contributed by atoms with Crippen LogP contribution < -0.4 is 0 Å². The molecule has 0 bridgehead atoms. The van der Waals surface area contributed by atoms with Gasteiger partial charge in [0, 0.05) is 21.8 Å². The Morgan fingerprint density at radius 1 is 1.12 bits per heavy atom. The highest BCUT2D eigenvalue weighted by Gasteiger charge is 2.24. The molecule has 0 saturated heterocycles. The number of rotatable bonds is 1. The predicted molar refractivity (Wildman–Crippen MR) is 88.1 cm³/mol. The lowest BCUT2D eigenvalue weighted by Crippen LogP contribution is -1.88. The first-order chi connectivity index (χ1) is 7.81. The summed E-state index contributed by atoms with van der Waals surface area (Å²) in [5.41, 5.74) is 0. The highest BCUT2D eigenvalue weighted by molar-refractivity contribution is 8.41. The van der Waals surface area contributed by atoms with E-state index in [1.807, 2.05) is 47.0 Å². The molecule has 0 aromatic carbocycles. The van der Waals surface area contributed by atoms with Crippen molar-refractivity contribution in [3.8, 4) is 0 Å². The number of hydrogen-bond acceptors (Lipinski definition) is 7. The van der Waals surface area contributed by atoms with Crippen LogP contribution in [0.25, 0.3) is 6.08 Å². The van der Waals surface area contributed by atoms with Crippen LogP contribution in [-0.2, 0) is 0 Å². The van der Waals surface area contributed by atoms with Crippen LogP contribution in [-0.4, -0.2) is 11.5 Å². The molecule has 7 heteroatoms. The highest BCUT2D eigenvalue weighted by atomic mass is 32.3. The third-order valence-corrected chi connectivity index (χ3v) is 9.91. The second kappa shape index (κ2) is 5.42. The van der Waals surface area contributed by atoms with Crippen molar-refractivity contribution < 1.29 is 0 Å². The van der Waals surface area contributed by atoms with Gasteiger partial charge in [0.1, 0.15) is 3.14 Å². The Hall–Kier alpha value is 1.15. The van der Waals surface area contributed by atoms with Crippen LogP contribution in [0.1, 0.15) is 4.88 Å². The molecule has 0 atom stereocenters. The van der Waals surface area contributed by atoms with Gasteiger partial charge in [-0.15, -0.1) is 46.2 Å². The Bertz CT molecular complexity index is 498. The van der Waals surface area contributed by atoms with E-state index in [0.717, 1.165) is 3.14 Å². The van der Waals surface area contributed by atoms with Crippen LogP contribution in [0.15, 0.2) is 18.1 Å². The summed E-state index contributed by atoms with van der Waals surface area (Å²) in [6.45, 7) is 0. The molecule has 0 spiro atoms. The van der Waals surface area contributed by atoms with Crippen LogP contribution in [0.5, 0.6) is 0 Å². The van der Waals surface area contributed by atoms with Crippen LogP contribution in [0.4, 0.5) is 0 Å². The lowest BCUT2D eigenvalue weighted by molar-refractivity contribution is 1.56. The quantitative estimate of drug-likeness (QED) is 0.581. The van der Waals surface area contributed by atoms with E-state index in [4.69, 9.17) is 12.2 Å². The van der Waals surface area contributed by atoms with E-state index in [9.17, 15) is 0 Å². The van der Waals surface area contributed by atoms with Crippen molar-refractivity contribution in [2.45, 2.75) is 0 Å². The van der Waals surface area contributed by atoms with E-state index in [0.29, 0.717) is 0 Å². The highest BCUT2D eigenvalue weighted by Crippen LogP contribution is 2.59. The van der Waals surface area contributed by atoms with Gasteiger partial charge in [0.05, 0.1) is 12.7 Å². The second-order valence-electron chi connectivity index (χ2n) is 2.93. The van der Waals surface area contributed by atoms with E-state index in [2.05, 4.69) is 11.5 Å². The monoisotopic (exact) mass is 338 g/mol. The average molecular weight is 339 g/mol. The van der Waals surface area contributed by atoms with E-state index in [1.165, 1.54) is 29.1 Å². The second-order valence-corrected chi connectivity index (χ2v) is 11.2. The molecule has 0 unspecified atom stereocenters. The molecule has 0 radical (unpaired) electrons. The normalized spacial score (nSPS) is 20.1. The van der Waals surface area contributed by atoms with Gasteiger partial charge in [0.25, 0.3) is 0 Å². The van der Waals surface area contributed by atoms with Crippen molar-refractivity contribution in [1.29, 1.82) is 0 Å². The van der Waals surface area contributed by atoms with Gasteiger partial charge in [-0.25, -0.2) is 0 Å². The predicted octanol–water partition coefficient (Wildman–Crippen LogP) is 5.92. The minimum atomic E-state index is 1.02. The maximum absolute atomic E-state index is 5.15. The summed E-state index contributed by atoms with van der Waals surface area (Å²) in [4.78, 5) is 1.29. The zero-order valence-corrected chi connectivity index (χ0v) is 13.6. The van der Waals surface area contributed by atoms with Gasteiger partial charge in [-0.1, -0.05) is 35.7 Å². The average Bonchev–Trinajstić information content (AvgIpc) is 2.84. The first-order valence-electron chi connectivity index (χ1n) is 4.47. The molecule has 0 nitrogen and oxygen atoms in total. The molecule has 0 N–H and O–H groups in total. The van der Waals surface area contributed by atoms with Crippen molar-refractivity contribution in [2.24, 2.45) is 0 Å². The van der Waals surface area contributed by atoms with Crippen LogP contribution in [0, 0.1) is 3.14 Å². The Kier molecular flexibility index (Phi) is 4.13. The smallest absolute Gasteiger partial charge is 0.121 e. The minimum Gasteiger partial charge on any atom is -0.121 e. The molecule has 0 saturated carbocycles. The van der Waals surface area contributed by atoms with Crippen LogP contribution in [0.2, 0.25) is 0 Å². The Morgan fingerprint density at radius 3 is 2.38 bits per heavy atom. The van der Waals surface area contributed by atoms with Crippen molar-refractivity contribution >= 4 is 88.0 Å². The Labute approximate surface area is 124 Å². The van der Waals surface area contributed by atoms with E-state index in [-0.39, 0.29) is 0 Å². The third-order valence-electron chi connectivity index (χ3n) is 1.84. The van der Waals surface area contributed by atoms with Gasteiger partial charge in [-0.3, -0.25) is 0 Å². The summed E-state index contributed by atoms with van der Waals surface area (Å²) in [5, 5.41) is 2.15. The summed E-state index contributed by atoms with van der Waals surface area (Å²) in [6, 6.07) is 0. The number of thioether (sulfide) groups is 4. The van der Waals surface area contributed by atoms with E-state index >= 15 is 0 Å². The van der Waals surface area contributed by atoms with E-state index < -0.39 is 0 Å². The Morgan fingerprint density at radius 2 is 1.81 bits per heavy atom. The first kappa shape index (κ1) is 12.2. The molecular formula is C9H6S7. The van der Waals surface area contributed by atoms with Crippen molar-refractivity contribution in [1.82, 2.24) is 0 Å². The summed E-state index contributed by atoms with van der Waals surface area (Å²) in [7, 11) is 0. The SMILES string of the molecule is S=c1scc(C=C2SC3=C(SCCS3)S2)s1. The molecule has 1 aromatic rings. The molecule has 3 rings (SSSR count). The summed E-state index contributed by atoms with van der Waals surface area (Å²) in [5.74, 6) is 2.50. The van der Waals surface area contributed by atoms with Gasteiger partial charge >= 0.3 is 0 Å². The third kappa shape index (κ3) is 2.76. The molecule has 2 aliphatic heterocycles. The fourth-order valence-electron chi connectivity index (χ4n) is 1.22. The molecular weight excluding hydrogens is 333 g/mol. The number of hydrogen-bond donors (Lipinski definition) is 0. The van der Waals surface area contributed by atoms with Crippen LogP contribution in [0.3, 0.4) is 0 Å². The summed E-state index contributed by atoms with van der Waals surface area (Å²) < 4.78 is 5.43. The molecule has 3 heterocycles. The zero-order chi connectivity index (χ0) is 11.0. The molecule has 0 aliphatic carbocycles. The first-order valence-corrected chi connectivity index (χ1v) is 10.2. The van der Waals surface area contributed by atoms with Crippen LogP contribution >= 0.6 is 81.9 Å². The summed E-state index contributed by atoms with van der Waals surface area (Å²) >= 11 is 16.4. The van der Waals surface area contributed by atoms with Gasteiger partial charge in [0.15, 0.2) is 0 Å². The van der Waals surface area contributed by atoms with E-state index in [1.54, 1.807) is 22.7 Å². The molecule has 1 aromatic heterocycles. The van der Waals surface area contributed by atoms with Crippen molar-refractivity contribution in [3.63, 3.8) is 0 Å². The minimum absolute atomic E-state index is 1.02. The van der Waals surface area contributed by atoms with Crippen molar-refractivity contribution in [2.75, 3.05) is 11.5 Å². The largest absolute Gasteiger partial charge is 0.144 e. The standard InChI is InChI=1S/C9H6S7/c10-9-13-4-5(14-9)3-6-15-7-8(16-6)12-2-1-11-7/h3-4H,1-2H2. The molecule has 0 amide bonds. The topological polar surface area (TPSA) is 0 Å². The maximum atomic E-state index is 5.15. The van der Waals surface area contributed by atoms with Gasteiger partial charge in [-0.2, -0.15) is 0 Å². The fraction of sp³-hybridized carbons (Fsp3) is 0.222. The molecule has 16 heavy (non-hydrogen) atoms. The maximum Gasteiger partial charge on any atom is 0.144 e. The molecule has 2 aliphatic rings. The van der Waals surface area contributed by atoms with Gasteiger partial charge in [-0.05, 0) is 6.08 Å². The van der Waals surface area contributed by atoms with Crippen molar-refractivity contribution in [3.05, 3.63) is 26.1 Å². The van der Waals surface area contributed by atoms with Gasteiger partial charge in [0.2, 0.25) is 0 Å².